The predicted molar refractivity (Wildman–Crippen MR) is 117 cm³/mol. The monoisotopic (exact) mass is 463 g/mol. The third kappa shape index (κ3) is 5.19. The topological polar surface area (TPSA) is 64.3 Å². The smallest absolute Gasteiger partial charge is 0.354 e. The number of pyridine rings is 1. The van der Waals surface area contributed by atoms with Gasteiger partial charge in [0.1, 0.15) is 29.8 Å². The van der Waals surface area contributed by atoms with Crippen LogP contribution in [0.5, 0.6) is 5.75 Å². The van der Waals surface area contributed by atoms with E-state index >= 15 is 0 Å². The average Bonchev–Trinajstić information content (AvgIpc) is 3.23. The van der Waals surface area contributed by atoms with Crippen LogP contribution in [0.3, 0.4) is 0 Å². The van der Waals surface area contributed by atoms with Gasteiger partial charge >= 0.3 is 5.97 Å². The Bertz CT molecular complexity index is 1280. The number of carboxylic acids is 1. The van der Waals surface area contributed by atoms with Crippen LogP contribution in [-0.4, -0.2) is 50.2 Å². The van der Waals surface area contributed by atoms with E-state index in [9.17, 15) is 18.7 Å². The number of halogens is 3. The van der Waals surface area contributed by atoms with Gasteiger partial charge < -0.3 is 14.4 Å². The molecular formula is C23H15ClF2N2NaO3. The maximum Gasteiger partial charge on any atom is 0.354 e. The molecular weight excluding hydrogens is 449 g/mol. The van der Waals surface area contributed by atoms with E-state index in [0.717, 1.165) is 12.1 Å². The average molecular weight is 464 g/mol. The number of nitrogens with zero attached hydrogens (tertiary/aromatic N) is 2. The molecule has 157 valence electrons. The molecule has 0 aliphatic carbocycles. The van der Waals surface area contributed by atoms with Crippen LogP contribution in [0.1, 0.15) is 16.1 Å². The first-order valence-corrected chi connectivity index (χ1v) is 9.55. The standard InChI is InChI=1S/C23H15ClF2N2O3.Na/c24-15-7-9-21(31-13-14-6-8-16(25)12-18(14)26)17(11-15)20-4-2-10-28(20)22-5-1-3-19(27-22)23(29)30;/h1-12H,13H2,(H,29,30);. The molecule has 0 bridgehead atoms. The summed E-state index contributed by atoms with van der Waals surface area (Å²) in [5, 5.41) is 9.68. The van der Waals surface area contributed by atoms with E-state index in [2.05, 4.69) is 4.98 Å². The van der Waals surface area contributed by atoms with Crippen LogP contribution in [0.4, 0.5) is 8.78 Å². The number of carboxylic acid groups (broad SMARTS) is 1. The van der Waals surface area contributed by atoms with Gasteiger partial charge in [-0.1, -0.05) is 17.7 Å². The van der Waals surface area contributed by atoms with Crippen molar-refractivity contribution in [2.45, 2.75) is 6.61 Å². The minimum atomic E-state index is -1.14. The Hall–Kier alpha value is -2.71. The first kappa shape index (κ1) is 23.9. The molecule has 9 heteroatoms. The number of benzene rings is 2. The Labute approximate surface area is 209 Å². The molecule has 0 spiro atoms. The summed E-state index contributed by atoms with van der Waals surface area (Å²) >= 11 is 6.20. The molecule has 4 aromatic rings. The molecule has 32 heavy (non-hydrogen) atoms. The molecule has 0 saturated carbocycles. The van der Waals surface area contributed by atoms with Gasteiger partial charge in [-0.25, -0.2) is 18.6 Å². The molecule has 4 rings (SSSR count). The fourth-order valence-corrected chi connectivity index (χ4v) is 3.27. The van der Waals surface area contributed by atoms with Crippen molar-refractivity contribution < 1.29 is 23.4 Å². The van der Waals surface area contributed by atoms with Gasteiger partial charge in [0.2, 0.25) is 0 Å². The fourth-order valence-electron chi connectivity index (χ4n) is 3.10. The molecule has 1 radical (unpaired) electrons. The van der Waals surface area contributed by atoms with Crippen LogP contribution in [0.15, 0.2) is 72.9 Å². The van der Waals surface area contributed by atoms with Crippen LogP contribution in [0.2, 0.25) is 5.02 Å². The Morgan fingerprint density at radius 1 is 1.06 bits per heavy atom. The molecule has 2 heterocycles. The van der Waals surface area contributed by atoms with Crippen molar-refractivity contribution >= 4 is 47.1 Å². The van der Waals surface area contributed by atoms with Crippen LogP contribution in [0.25, 0.3) is 17.1 Å². The van der Waals surface area contributed by atoms with Gasteiger partial charge in [0.15, 0.2) is 5.69 Å². The number of hydrogen-bond acceptors (Lipinski definition) is 3. The molecule has 5 nitrogen and oxygen atoms in total. The number of carbonyl (C=O) groups is 1. The largest absolute Gasteiger partial charge is 0.488 e. The molecule has 1 N–H and O–H groups in total. The molecule has 0 atom stereocenters. The molecule has 0 aliphatic heterocycles. The minimum absolute atomic E-state index is 0. The quantitative estimate of drug-likeness (QED) is 0.391. The van der Waals surface area contributed by atoms with E-state index in [-0.39, 0.29) is 47.4 Å². The summed E-state index contributed by atoms with van der Waals surface area (Å²) < 4.78 is 34.7. The number of hydrogen-bond donors (Lipinski definition) is 1. The molecule has 0 aliphatic rings. The Morgan fingerprint density at radius 3 is 2.62 bits per heavy atom. The molecule has 0 unspecified atom stereocenters. The van der Waals surface area contributed by atoms with Crippen LogP contribution in [-0.2, 0) is 6.61 Å². The van der Waals surface area contributed by atoms with E-state index in [1.807, 2.05) is 0 Å². The zero-order chi connectivity index (χ0) is 22.0. The number of ether oxygens (including phenoxy) is 1. The zero-order valence-corrected chi connectivity index (χ0v) is 19.7. The zero-order valence-electron chi connectivity index (χ0n) is 16.9. The van der Waals surface area contributed by atoms with Gasteiger partial charge in [0.05, 0.1) is 5.69 Å². The van der Waals surface area contributed by atoms with Gasteiger partial charge in [0.25, 0.3) is 0 Å². The van der Waals surface area contributed by atoms with E-state index in [1.165, 1.54) is 12.1 Å². The maximum atomic E-state index is 14.0. The van der Waals surface area contributed by atoms with Crippen molar-refractivity contribution in [1.29, 1.82) is 0 Å². The summed E-state index contributed by atoms with van der Waals surface area (Å²) in [7, 11) is 0. The minimum Gasteiger partial charge on any atom is -0.488 e. The van der Waals surface area contributed by atoms with Crippen molar-refractivity contribution in [1.82, 2.24) is 9.55 Å². The summed E-state index contributed by atoms with van der Waals surface area (Å²) in [6.45, 7) is -0.117. The van der Waals surface area contributed by atoms with Crippen molar-refractivity contribution in [2.75, 3.05) is 0 Å². The van der Waals surface area contributed by atoms with Gasteiger partial charge in [-0.2, -0.15) is 0 Å². The van der Waals surface area contributed by atoms with Crippen LogP contribution < -0.4 is 4.74 Å². The van der Waals surface area contributed by atoms with Crippen LogP contribution >= 0.6 is 11.6 Å². The molecule has 2 aromatic carbocycles. The Kier molecular flexibility index (Phi) is 7.69. The second-order valence-electron chi connectivity index (χ2n) is 6.61. The molecule has 0 amide bonds. The number of aromatic nitrogens is 2. The third-order valence-electron chi connectivity index (χ3n) is 4.56. The van der Waals surface area contributed by atoms with E-state index in [1.54, 1.807) is 53.2 Å². The number of rotatable bonds is 6. The van der Waals surface area contributed by atoms with Gasteiger partial charge in [-0.15, -0.1) is 0 Å². The van der Waals surface area contributed by atoms with Crippen LogP contribution in [0, 0.1) is 11.6 Å². The van der Waals surface area contributed by atoms with Crippen molar-refractivity contribution in [3.05, 3.63) is 101 Å². The second-order valence-corrected chi connectivity index (χ2v) is 7.05. The van der Waals surface area contributed by atoms with Gasteiger partial charge in [-0.3, -0.25) is 0 Å². The first-order valence-electron chi connectivity index (χ1n) is 9.17. The van der Waals surface area contributed by atoms with E-state index in [0.29, 0.717) is 27.8 Å². The first-order chi connectivity index (χ1) is 14.9. The molecule has 0 saturated heterocycles. The molecule has 2 aromatic heterocycles. The summed E-state index contributed by atoms with van der Waals surface area (Å²) in [5.41, 5.74) is 1.36. The summed E-state index contributed by atoms with van der Waals surface area (Å²) in [4.78, 5) is 15.5. The van der Waals surface area contributed by atoms with Crippen molar-refractivity contribution in [3.8, 4) is 22.8 Å². The van der Waals surface area contributed by atoms with E-state index < -0.39 is 17.6 Å². The van der Waals surface area contributed by atoms with Crippen molar-refractivity contribution in [2.24, 2.45) is 0 Å². The Balaban J connectivity index is 0.00000289. The molecule has 0 fully saturated rings. The van der Waals surface area contributed by atoms with Gasteiger partial charge in [-0.05, 0) is 54.6 Å². The predicted octanol–water partition coefficient (Wildman–Crippen LogP) is 5.37. The normalized spacial score (nSPS) is 10.5. The maximum absolute atomic E-state index is 14.0. The van der Waals surface area contributed by atoms with E-state index in [4.69, 9.17) is 16.3 Å². The SMILES string of the molecule is O=C(O)c1cccc(-n2cccc2-c2cc(Cl)ccc2OCc2ccc(F)cc2F)n1.[Na]. The van der Waals surface area contributed by atoms with Gasteiger partial charge in [0, 0.05) is 58.0 Å². The third-order valence-corrected chi connectivity index (χ3v) is 4.80. The summed E-state index contributed by atoms with van der Waals surface area (Å²) in [5.74, 6) is -1.68. The second kappa shape index (κ2) is 10.3. The summed E-state index contributed by atoms with van der Waals surface area (Å²) in [6.07, 6.45) is 1.73. The number of aromatic carboxylic acids is 1. The van der Waals surface area contributed by atoms with Crippen molar-refractivity contribution in [3.63, 3.8) is 0 Å². The Morgan fingerprint density at radius 2 is 1.88 bits per heavy atom. The summed E-state index contributed by atoms with van der Waals surface area (Å²) in [6, 6.07) is 16.5. The fraction of sp³-hybridized carbons (Fsp3) is 0.0435.